The Bertz CT molecular complexity index is 519. The van der Waals surface area contributed by atoms with Crippen LogP contribution in [0.4, 0.5) is 0 Å². The Kier molecular flexibility index (Phi) is 3.56. The van der Waals surface area contributed by atoms with E-state index in [0.29, 0.717) is 22.0 Å². The lowest BCUT2D eigenvalue weighted by atomic mass is 10.1. The van der Waals surface area contributed by atoms with Crippen LogP contribution in [0.5, 0.6) is 0 Å². The van der Waals surface area contributed by atoms with Gasteiger partial charge in [0, 0.05) is 17.7 Å². The molecule has 2 rings (SSSR count). The van der Waals surface area contributed by atoms with Crippen LogP contribution in [0.1, 0.15) is 16.1 Å². The van der Waals surface area contributed by atoms with Crippen LogP contribution in [0.2, 0.25) is 5.02 Å². The van der Waals surface area contributed by atoms with Gasteiger partial charge in [-0.3, -0.25) is 4.79 Å². The van der Waals surface area contributed by atoms with Crippen molar-refractivity contribution in [3.8, 4) is 11.3 Å². The Hall–Kier alpha value is -1.65. The second-order valence-electron chi connectivity index (χ2n) is 3.43. The molecule has 17 heavy (non-hydrogen) atoms. The number of carbonyl (C=O) groups is 1. The second kappa shape index (κ2) is 5.12. The number of aldehydes is 1. The summed E-state index contributed by atoms with van der Waals surface area (Å²) in [5.74, 6) is 0.424. The molecule has 0 aliphatic rings. The van der Waals surface area contributed by atoms with Gasteiger partial charge in [-0.25, -0.2) is 0 Å². The molecule has 2 aromatic rings. The van der Waals surface area contributed by atoms with E-state index in [0.717, 1.165) is 11.8 Å². The summed E-state index contributed by atoms with van der Waals surface area (Å²) >= 11 is 5.79. The average molecular weight is 252 g/mol. The number of benzene rings is 1. The van der Waals surface area contributed by atoms with Gasteiger partial charge >= 0.3 is 0 Å². The molecule has 0 unspecified atom stereocenters. The third kappa shape index (κ3) is 2.38. The van der Waals surface area contributed by atoms with Crippen LogP contribution in [-0.4, -0.2) is 18.6 Å². The van der Waals surface area contributed by atoms with Gasteiger partial charge in [0.1, 0.15) is 12.3 Å². The summed E-state index contributed by atoms with van der Waals surface area (Å²) in [4.78, 5) is 11.0. The number of aromatic nitrogens is 1. The van der Waals surface area contributed by atoms with E-state index in [4.69, 9.17) is 20.9 Å². The minimum absolute atomic E-state index is 0.217. The van der Waals surface area contributed by atoms with Crippen molar-refractivity contribution in [3.05, 3.63) is 40.6 Å². The molecule has 0 aliphatic carbocycles. The summed E-state index contributed by atoms with van der Waals surface area (Å²) in [6.45, 7) is 0.217. The van der Waals surface area contributed by atoms with Crippen LogP contribution in [0.15, 0.2) is 28.8 Å². The van der Waals surface area contributed by atoms with Crippen molar-refractivity contribution >= 4 is 17.9 Å². The van der Waals surface area contributed by atoms with E-state index in [1.165, 1.54) is 7.11 Å². The molecule has 0 fully saturated rings. The number of ether oxygens (including phenoxy) is 1. The topological polar surface area (TPSA) is 52.3 Å². The summed E-state index contributed by atoms with van der Waals surface area (Å²) in [5, 5.41) is 4.50. The van der Waals surface area contributed by atoms with Crippen LogP contribution in [0.25, 0.3) is 11.3 Å². The molecule has 1 aromatic heterocycles. The first-order chi connectivity index (χ1) is 8.26. The van der Waals surface area contributed by atoms with E-state index in [1.807, 2.05) is 0 Å². The lowest BCUT2D eigenvalue weighted by molar-refractivity contribution is 0.111. The highest BCUT2D eigenvalue weighted by Crippen LogP contribution is 2.25. The Morgan fingerprint density at radius 1 is 1.41 bits per heavy atom. The van der Waals surface area contributed by atoms with Crippen LogP contribution in [0.3, 0.4) is 0 Å². The van der Waals surface area contributed by atoms with Gasteiger partial charge in [-0.05, 0) is 12.1 Å². The first kappa shape index (κ1) is 11.8. The fraction of sp³-hybridized carbons (Fsp3) is 0.167. The molecule has 5 heteroatoms. The molecule has 0 N–H and O–H groups in total. The molecule has 1 aromatic carbocycles. The predicted octanol–water partition coefficient (Wildman–Crippen LogP) is 2.95. The van der Waals surface area contributed by atoms with Gasteiger partial charge in [0.25, 0.3) is 0 Å². The third-order valence-electron chi connectivity index (χ3n) is 2.31. The van der Waals surface area contributed by atoms with Crippen LogP contribution >= 0.6 is 11.6 Å². The first-order valence-electron chi connectivity index (χ1n) is 4.95. The van der Waals surface area contributed by atoms with Crippen LogP contribution in [0, 0.1) is 0 Å². The van der Waals surface area contributed by atoms with Gasteiger partial charge in [-0.15, -0.1) is 0 Å². The summed E-state index contributed by atoms with van der Waals surface area (Å²) in [6.07, 6.45) is 0.717. The molecule has 0 amide bonds. The molecule has 0 saturated heterocycles. The SMILES string of the molecule is COCc1onc(-c2ccc(Cl)cc2)c1C=O. The van der Waals surface area contributed by atoms with E-state index in [9.17, 15) is 4.79 Å². The maximum absolute atomic E-state index is 11.0. The van der Waals surface area contributed by atoms with E-state index in [-0.39, 0.29) is 6.61 Å². The highest BCUT2D eigenvalue weighted by Gasteiger charge is 2.16. The second-order valence-corrected chi connectivity index (χ2v) is 3.86. The summed E-state index contributed by atoms with van der Waals surface area (Å²) in [5.41, 5.74) is 1.69. The van der Waals surface area contributed by atoms with Crippen molar-refractivity contribution in [3.63, 3.8) is 0 Å². The number of methoxy groups -OCH3 is 1. The number of nitrogens with zero attached hydrogens (tertiary/aromatic N) is 1. The standard InChI is InChI=1S/C12H10ClNO3/c1-16-7-11-10(6-15)12(14-17-11)8-2-4-9(13)5-3-8/h2-6H,7H2,1H3. The minimum Gasteiger partial charge on any atom is -0.377 e. The van der Waals surface area contributed by atoms with Gasteiger partial charge in [-0.2, -0.15) is 0 Å². The molecule has 0 aliphatic heterocycles. The van der Waals surface area contributed by atoms with Gasteiger partial charge in [-0.1, -0.05) is 28.9 Å². The van der Waals surface area contributed by atoms with Gasteiger partial charge in [0.2, 0.25) is 0 Å². The van der Waals surface area contributed by atoms with E-state index in [1.54, 1.807) is 24.3 Å². The van der Waals surface area contributed by atoms with E-state index < -0.39 is 0 Å². The van der Waals surface area contributed by atoms with Crippen LogP contribution < -0.4 is 0 Å². The smallest absolute Gasteiger partial charge is 0.173 e. The monoisotopic (exact) mass is 251 g/mol. The number of halogens is 1. The predicted molar refractivity (Wildman–Crippen MR) is 63.0 cm³/mol. The molecule has 1 heterocycles. The number of rotatable bonds is 4. The highest BCUT2D eigenvalue weighted by molar-refractivity contribution is 6.30. The lowest BCUT2D eigenvalue weighted by Gasteiger charge is -1.97. The maximum atomic E-state index is 11.0. The van der Waals surface area contributed by atoms with Crippen molar-refractivity contribution < 1.29 is 14.1 Å². The first-order valence-corrected chi connectivity index (χ1v) is 5.32. The molecule has 0 radical (unpaired) electrons. The zero-order chi connectivity index (χ0) is 12.3. The molecule has 4 nitrogen and oxygen atoms in total. The molecule has 88 valence electrons. The van der Waals surface area contributed by atoms with Gasteiger partial charge in [0.05, 0.1) is 5.56 Å². The van der Waals surface area contributed by atoms with Crippen LogP contribution in [-0.2, 0) is 11.3 Å². The maximum Gasteiger partial charge on any atom is 0.173 e. The van der Waals surface area contributed by atoms with Crippen molar-refractivity contribution in [1.29, 1.82) is 0 Å². The zero-order valence-corrected chi connectivity index (χ0v) is 9.90. The van der Waals surface area contributed by atoms with E-state index in [2.05, 4.69) is 5.16 Å². The molecule has 0 spiro atoms. The summed E-state index contributed by atoms with van der Waals surface area (Å²) in [7, 11) is 1.53. The fourth-order valence-corrected chi connectivity index (χ4v) is 1.63. The highest BCUT2D eigenvalue weighted by atomic mass is 35.5. The molecule has 0 atom stereocenters. The normalized spacial score (nSPS) is 10.5. The number of carbonyl (C=O) groups excluding carboxylic acids is 1. The fourth-order valence-electron chi connectivity index (χ4n) is 1.50. The summed E-state index contributed by atoms with van der Waals surface area (Å²) < 4.78 is 10.00. The quantitative estimate of drug-likeness (QED) is 0.784. The lowest BCUT2D eigenvalue weighted by Crippen LogP contribution is -1.91. The number of hydrogen-bond donors (Lipinski definition) is 0. The Labute approximate surface area is 103 Å². The minimum atomic E-state index is 0.217. The van der Waals surface area contributed by atoms with Crippen molar-refractivity contribution in [2.45, 2.75) is 6.61 Å². The molecule has 0 saturated carbocycles. The van der Waals surface area contributed by atoms with E-state index >= 15 is 0 Å². The summed E-state index contributed by atoms with van der Waals surface area (Å²) in [6, 6.07) is 7.03. The molecular formula is C12H10ClNO3. The molecule has 0 bridgehead atoms. The zero-order valence-electron chi connectivity index (χ0n) is 9.14. The number of hydrogen-bond acceptors (Lipinski definition) is 4. The van der Waals surface area contributed by atoms with Crippen molar-refractivity contribution in [2.75, 3.05) is 7.11 Å². The van der Waals surface area contributed by atoms with Gasteiger partial charge < -0.3 is 9.26 Å². The van der Waals surface area contributed by atoms with Crippen molar-refractivity contribution in [2.24, 2.45) is 0 Å². The Morgan fingerprint density at radius 3 is 2.71 bits per heavy atom. The molecular weight excluding hydrogens is 242 g/mol. The Balaban J connectivity index is 2.44. The van der Waals surface area contributed by atoms with Gasteiger partial charge in [0.15, 0.2) is 12.0 Å². The Morgan fingerprint density at radius 2 is 2.12 bits per heavy atom. The largest absolute Gasteiger partial charge is 0.377 e. The average Bonchev–Trinajstić information content (AvgIpc) is 2.73. The van der Waals surface area contributed by atoms with Crippen molar-refractivity contribution in [1.82, 2.24) is 5.16 Å². The third-order valence-corrected chi connectivity index (χ3v) is 2.57.